The van der Waals surface area contributed by atoms with Crippen molar-refractivity contribution in [2.45, 2.75) is 37.0 Å². The Morgan fingerprint density at radius 3 is 2.11 bits per heavy atom. The normalized spacial score (nSPS) is 27.1. The van der Waals surface area contributed by atoms with Crippen molar-refractivity contribution in [3.05, 3.63) is 0 Å². The zero-order valence-corrected chi connectivity index (χ0v) is 11.9. The average molecular weight is 296 g/mol. The van der Waals surface area contributed by atoms with Crippen LogP contribution < -0.4 is 10.0 Å². The Kier molecular flexibility index (Phi) is 4.30. The molecule has 0 aliphatic carbocycles. The van der Waals surface area contributed by atoms with Crippen molar-refractivity contribution >= 4 is 19.9 Å². The lowest BCUT2D eigenvalue weighted by Gasteiger charge is -2.28. The van der Waals surface area contributed by atoms with Crippen molar-refractivity contribution in [1.82, 2.24) is 10.0 Å². The highest BCUT2D eigenvalue weighted by Gasteiger charge is 2.34. The van der Waals surface area contributed by atoms with Crippen molar-refractivity contribution in [3.8, 4) is 0 Å². The van der Waals surface area contributed by atoms with Crippen LogP contribution in [0.1, 0.15) is 25.7 Å². The zero-order chi connectivity index (χ0) is 13.2. The molecule has 0 atom stereocenters. The first kappa shape index (κ1) is 14.2. The van der Waals surface area contributed by atoms with Gasteiger partial charge < -0.3 is 5.32 Å². The summed E-state index contributed by atoms with van der Waals surface area (Å²) in [6.45, 7) is 1.65. The molecular formula is C10H20N2O4S2. The van der Waals surface area contributed by atoms with Gasteiger partial charge in [-0.25, -0.2) is 21.6 Å². The van der Waals surface area contributed by atoms with E-state index in [-0.39, 0.29) is 30.4 Å². The van der Waals surface area contributed by atoms with Gasteiger partial charge in [-0.3, -0.25) is 0 Å². The summed E-state index contributed by atoms with van der Waals surface area (Å²) < 4.78 is 49.6. The van der Waals surface area contributed by atoms with E-state index in [0.29, 0.717) is 0 Å². The molecule has 6 nitrogen and oxygen atoms in total. The number of piperidine rings is 1. The van der Waals surface area contributed by atoms with Gasteiger partial charge in [0.25, 0.3) is 0 Å². The van der Waals surface area contributed by atoms with Crippen LogP contribution in [0.5, 0.6) is 0 Å². The monoisotopic (exact) mass is 296 g/mol. The third-order valence-corrected chi connectivity index (χ3v) is 7.34. The summed E-state index contributed by atoms with van der Waals surface area (Å²) in [7, 11) is -6.39. The SMILES string of the molecule is O=S1(=O)CCC(S(=O)(=O)NC2CCNCC2)CC1. The van der Waals surface area contributed by atoms with Crippen LogP contribution in [0.3, 0.4) is 0 Å². The van der Waals surface area contributed by atoms with E-state index in [0.717, 1.165) is 25.9 Å². The van der Waals surface area contributed by atoms with Crippen molar-refractivity contribution in [1.29, 1.82) is 0 Å². The summed E-state index contributed by atoms with van der Waals surface area (Å²) in [6, 6.07) is -0.00483. The van der Waals surface area contributed by atoms with Gasteiger partial charge in [0.15, 0.2) is 0 Å². The Labute approximate surface area is 108 Å². The van der Waals surface area contributed by atoms with E-state index in [1.165, 1.54) is 0 Å². The second kappa shape index (κ2) is 5.44. The van der Waals surface area contributed by atoms with Crippen molar-refractivity contribution in [3.63, 3.8) is 0 Å². The molecule has 0 saturated carbocycles. The summed E-state index contributed by atoms with van der Waals surface area (Å²) in [5.74, 6) is -0.0183. The number of nitrogens with one attached hydrogen (secondary N) is 2. The Bertz CT molecular complexity index is 466. The molecule has 2 rings (SSSR count). The Balaban J connectivity index is 1.94. The first-order chi connectivity index (χ1) is 8.39. The predicted molar refractivity (Wildman–Crippen MR) is 69.6 cm³/mol. The van der Waals surface area contributed by atoms with Gasteiger partial charge in [-0.2, -0.15) is 0 Å². The fourth-order valence-corrected chi connectivity index (χ4v) is 5.99. The highest BCUT2D eigenvalue weighted by molar-refractivity contribution is 7.92. The van der Waals surface area contributed by atoms with Gasteiger partial charge >= 0.3 is 0 Å². The third kappa shape index (κ3) is 3.66. The van der Waals surface area contributed by atoms with Gasteiger partial charge in [-0.1, -0.05) is 0 Å². The van der Waals surface area contributed by atoms with E-state index < -0.39 is 25.1 Å². The summed E-state index contributed by atoms with van der Waals surface area (Å²) in [5.41, 5.74) is 0. The van der Waals surface area contributed by atoms with Crippen LogP contribution in [0.25, 0.3) is 0 Å². The minimum absolute atomic E-state index is 0.00483. The molecule has 0 radical (unpaired) electrons. The van der Waals surface area contributed by atoms with Crippen LogP contribution in [0.2, 0.25) is 0 Å². The van der Waals surface area contributed by atoms with E-state index in [1.807, 2.05) is 0 Å². The van der Waals surface area contributed by atoms with Crippen molar-refractivity contribution in [2.75, 3.05) is 24.6 Å². The summed E-state index contributed by atoms with van der Waals surface area (Å²) in [4.78, 5) is 0. The van der Waals surface area contributed by atoms with Crippen LogP contribution in [0, 0.1) is 0 Å². The van der Waals surface area contributed by atoms with Gasteiger partial charge in [-0.15, -0.1) is 0 Å². The van der Waals surface area contributed by atoms with Crippen LogP contribution in [0.4, 0.5) is 0 Å². The van der Waals surface area contributed by atoms with E-state index >= 15 is 0 Å². The second-order valence-electron chi connectivity index (χ2n) is 5.04. The summed E-state index contributed by atoms with van der Waals surface area (Å²) in [5, 5.41) is 2.63. The van der Waals surface area contributed by atoms with Crippen LogP contribution >= 0.6 is 0 Å². The molecule has 2 fully saturated rings. The number of rotatable bonds is 3. The fraction of sp³-hybridized carbons (Fsp3) is 1.00. The standard InChI is InChI=1S/C10H20N2O4S2/c13-17(14)7-3-10(4-8-17)18(15,16)12-9-1-5-11-6-2-9/h9-12H,1-8H2. The molecule has 0 spiro atoms. The minimum Gasteiger partial charge on any atom is -0.317 e. The maximum Gasteiger partial charge on any atom is 0.214 e. The molecule has 0 aromatic carbocycles. The lowest BCUT2D eigenvalue weighted by atomic mass is 10.1. The number of hydrogen-bond donors (Lipinski definition) is 2. The number of sulfonamides is 1. The molecule has 0 aromatic heterocycles. The highest BCUT2D eigenvalue weighted by Crippen LogP contribution is 2.19. The van der Waals surface area contributed by atoms with Gasteiger partial charge in [-0.05, 0) is 38.8 Å². The molecule has 106 valence electrons. The van der Waals surface area contributed by atoms with Gasteiger partial charge in [0, 0.05) is 6.04 Å². The molecule has 2 saturated heterocycles. The van der Waals surface area contributed by atoms with Gasteiger partial charge in [0.05, 0.1) is 16.8 Å². The Morgan fingerprint density at radius 1 is 1.00 bits per heavy atom. The predicted octanol–water partition coefficient (Wildman–Crippen LogP) is -0.765. The zero-order valence-electron chi connectivity index (χ0n) is 10.3. The Hall–Kier alpha value is -0.180. The van der Waals surface area contributed by atoms with Crippen LogP contribution in [0.15, 0.2) is 0 Å². The number of sulfone groups is 1. The highest BCUT2D eigenvalue weighted by atomic mass is 32.2. The van der Waals surface area contributed by atoms with E-state index in [1.54, 1.807) is 0 Å². The fourth-order valence-electron chi connectivity index (χ4n) is 2.45. The largest absolute Gasteiger partial charge is 0.317 e. The summed E-state index contributed by atoms with van der Waals surface area (Å²) in [6.07, 6.45) is 2.04. The molecule has 0 aromatic rings. The Morgan fingerprint density at radius 2 is 1.56 bits per heavy atom. The molecule has 18 heavy (non-hydrogen) atoms. The first-order valence-corrected chi connectivity index (χ1v) is 9.68. The first-order valence-electron chi connectivity index (χ1n) is 6.31. The molecule has 0 unspecified atom stereocenters. The maximum absolute atomic E-state index is 12.1. The van der Waals surface area contributed by atoms with E-state index in [2.05, 4.69) is 10.0 Å². The average Bonchev–Trinajstić information content (AvgIpc) is 2.29. The molecule has 8 heteroatoms. The molecule has 0 amide bonds. The summed E-state index contributed by atoms with van der Waals surface area (Å²) >= 11 is 0. The molecule has 2 aliphatic rings. The minimum atomic E-state index is -3.38. The molecule has 0 bridgehead atoms. The number of hydrogen-bond acceptors (Lipinski definition) is 5. The maximum atomic E-state index is 12.1. The van der Waals surface area contributed by atoms with Gasteiger partial charge in [0.2, 0.25) is 10.0 Å². The van der Waals surface area contributed by atoms with Crippen molar-refractivity contribution in [2.24, 2.45) is 0 Å². The topological polar surface area (TPSA) is 92.3 Å². The molecule has 2 heterocycles. The van der Waals surface area contributed by atoms with Crippen LogP contribution in [-0.2, 0) is 19.9 Å². The lowest BCUT2D eigenvalue weighted by molar-refractivity contribution is 0.423. The van der Waals surface area contributed by atoms with E-state index in [9.17, 15) is 16.8 Å². The van der Waals surface area contributed by atoms with Gasteiger partial charge in [0.1, 0.15) is 9.84 Å². The molecule has 2 N–H and O–H groups in total. The smallest absolute Gasteiger partial charge is 0.214 e. The second-order valence-corrected chi connectivity index (χ2v) is 9.33. The lowest BCUT2D eigenvalue weighted by Crippen LogP contribution is -2.47. The quantitative estimate of drug-likeness (QED) is 0.714. The molecule has 2 aliphatic heterocycles. The molecular weight excluding hydrogens is 276 g/mol. The third-order valence-electron chi connectivity index (χ3n) is 3.61. The van der Waals surface area contributed by atoms with Crippen molar-refractivity contribution < 1.29 is 16.8 Å². The van der Waals surface area contributed by atoms with Crippen LogP contribution in [-0.4, -0.2) is 52.7 Å². The van der Waals surface area contributed by atoms with E-state index in [4.69, 9.17) is 0 Å².